The van der Waals surface area contributed by atoms with Crippen LogP contribution in [-0.2, 0) is 11.2 Å². The van der Waals surface area contributed by atoms with Crippen LogP contribution in [0, 0.1) is 0 Å². The molecule has 1 aromatic heterocycles. The van der Waals surface area contributed by atoms with Crippen LogP contribution in [0.4, 0.5) is 4.79 Å². The lowest BCUT2D eigenvalue weighted by Crippen LogP contribution is -2.53. The standard InChI is InChI=1S/C15H18N4O2/c20-14-10-19(8-7-16-14)15(21)17-6-5-11-9-18-13-4-2-1-3-12(11)13/h1-4,9,18H,5-8,10H2,(H,16,20)(H,17,21). The van der Waals surface area contributed by atoms with Crippen molar-refractivity contribution in [2.24, 2.45) is 0 Å². The number of nitrogens with zero attached hydrogens (tertiary/aromatic N) is 1. The number of H-pyrrole nitrogens is 1. The van der Waals surface area contributed by atoms with Gasteiger partial charge in [-0.3, -0.25) is 4.79 Å². The van der Waals surface area contributed by atoms with E-state index in [-0.39, 0.29) is 18.5 Å². The summed E-state index contributed by atoms with van der Waals surface area (Å²) < 4.78 is 0. The second-order valence-electron chi connectivity index (χ2n) is 5.11. The molecule has 6 heteroatoms. The number of nitrogens with one attached hydrogen (secondary N) is 3. The number of aromatic nitrogens is 1. The Bertz CT molecular complexity index is 664. The highest BCUT2D eigenvalue weighted by molar-refractivity contribution is 5.85. The van der Waals surface area contributed by atoms with E-state index in [1.807, 2.05) is 24.4 Å². The van der Waals surface area contributed by atoms with Gasteiger partial charge in [0.1, 0.15) is 6.54 Å². The van der Waals surface area contributed by atoms with E-state index in [9.17, 15) is 9.59 Å². The van der Waals surface area contributed by atoms with E-state index < -0.39 is 0 Å². The van der Waals surface area contributed by atoms with Crippen molar-refractivity contribution < 1.29 is 9.59 Å². The number of hydrogen-bond donors (Lipinski definition) is 3. The van der Waals surface area contributed by atoms with Gasteiger partial charge in [0.05, 0.1) is 0 Å². The zero-order chi connectivity index (χ0) is 14.7. The molecule has 1 aliphatic rings. The lowest BCUT2D eigenvalue weighted by Gasteiger charge is -2.26. The summed E-state index contributed by atoms with van der Waals surface area (Å²) in [5.41, 5.74) is 2.29. The van der Waals surface area contributed by atoms with Crippen LogP contribution >= 0.6 is 0 Å². The third-order valence-corrected chi connectivity index (χ3v) is 3.67. The van der Waals surface area contributed by atoms with Crippen LogP contribution in [0.5, 0.6) is 0 Å². The lowest BCUT2D eigenvalue weighted by molar-refractivity contribution is -0.123. The molecule has 0 bridgehead atoms. The number of aromatic amines is 1. The number of fused-ring (bicyclic) bond motifs is 1. The first-order valence-electron chi connectivity index (χ1n) is 7.08. The van der Waals surface area contributed by atoms with Gasteiger partial charge in [-0.25, -0.2) is 4.79 Å². The minimum Gasteiger partial charge on any atom is -0.361 e. The molecule has 3 N–H and O–H groups in total. The average Bonchev–Trinajstić information content (AvgIpc) is 2.91. The van der Waals surface area contributed by atoms with Crippen LogP contribution in [0.1, 0.15) is 5.56 Å². The molecule has 0 unspecified atom stereocenters. The Morgan fingerprint density at radius 3 is 3.05 bits per heavy atom. The highest BCUT2D eigenvalue weighted by Crippen LogP contribution is 2.17. The summed E-state index contributed by atoms with van der Waals surface area (Å²) in [7, 11) is 0. The number of piperazine rings is 1. The molecule has 0 saturated carbocycles. The Morgan fingerprint density at radius 1 is 1.33 bits per heavy atom. The van der Waals surface area contributed by atoms with Gasteiger partial charge in [0.25, 0.3) is 0 Å². The molecule has 1 aliphatic heterocycles. The molecular formula is C15H18N4O2. The highest BCUT2D eigenvalue weighted by Gasteiger charge is 2.20. The first-order chi connectivity index (χ1) is 10.2. The van der Waals surface area contributed by atoms with E-state index in [0.717, 1.165) is 11.9 Å². The van der Waals surface area contributed by atoms with Crippen LogP contribution in [0.25, 0.3) is 10.9 Å². The molecule has 2 aromatic rings. The van der Waals surface area contributed by atoms with E-state index >= 15 is 0 Å². The third kappa shape index (κ3) is 2.99. The van der Waals surface area contributed by atoms with Gasteiger partial charge in [-0.2, -0.15) is 0 Å². The monoisotopic (exact) mass is 286 g/mol. The van der Waals surface area contributed by atoms with Crippen LogP contribution in [0.15, 0.2) is 30.5 Å². The summed E-state index contributed by atoms with van der Waals surface area (Å²) in [4.78, 5) is 28.0. The fourth-order valence-electron chi connectivity index (χ4n) is 2.57. The minimum atomic E-state index is -0.176. The fourth-order valence-corrected chi connectivity index (χ4v) is 2.57. The van der Waals surface area contributed by atoms with Crippen molar-refractivity contribution in [2.75, 3.05) is 26.2 Å². The summed E-state index contributed by atoms with van der Waals surface area (Å²) in [5.74, 6) is -0.104. The molecule has 0 aliphatic carbocycles. The van der Waals surface area contributed by atoms with Crippen LogP contribution in [0.3, 0.4) is 0 Å². The van der Waals surface area contributed by atoms with Gasteiger partial charge in [0.15, 0.2) is 0 Å². The van der Waals surface area contributed by atoms with E-state index in [2.05, 4.69) is 21.7 Å². The van der Waals surface area contributed by atoms with E-state index in [1.165, 1.54) is 15.8 Å². The second kappa shape index (κ2) is 5.87. The predicted octanol–water partition coefficient (Wildman–Crippen LogP) is 0.852. The predicted molar refractivity (Wildman–Crippen MR) is 80.0 cm³/mol. The Labute approximate surface area is 122 Å². The molecule has 1 aromatic carbocycles. The summed E-state index contributed by atoms with van der Waals surface area (Å²) in [6, 6.07) is 7.92. The Morgan fingerprint density at radius 2 is 2.19 bits per heavy atom. The van der Waals surface area contributed by atoms with Gasteiger partial charge < -0.3 is 20.5 Å². The first-order valence-corrected chi connectivity index (χ1v) is 7.08. The number of carbonyl (C=O) groups excluding carboxylic acids is 2. The van der Waals surface area contributed by atoms with E-state index in [4.69, 9.17) is 0 Å². The third-order valence-electron chi connectivity index (χ3n) is 3.67. The van der Waals surface area contributed by atoms with Gasteiger partial charge in [0, 0.05) is 36.7 Å². The van der Waals surface area contributed by atoms with Crippen molar-refractivity contribution in [1.29, 1.82) is 0 Å². The Balaban J connectivity index is 1.54. The summed E-state index contributed by atoms with van der Waals surface area (Å²) >= 11 is 0. The summed E-state index contributed by atoms with van der Waals surface area (Å²) in [6.45, 7) is 1.77. The van der Waals surface area contributed by atoms with Crippen LogP contribution in [0.2, 0.25) is 0 Å². The molecule has 2 heterocycles. The molecule has 0 radical (unpaired) electrons. The van der Waals surface area contributed by atoms with E-state index in [0.29, 0.717) is 19.6 Å². The molecule has 6 nitrogen and oxygen atoms in total. The molecule has 21 heavy (non-hydrogen) atoms. The number of carbonyl (C=O) groups is 2. The maximum Gasteiger partial charge on any atom is 0.317 e. The molecule has 1 saturated heterocycles. The smallest absolute Gasteiger partial charge is 0.317 e. The first kappa shape index (κ1) is 13.5. The van der Waals surface area contributed by atoms with Crippen molar-refractivity contribution >= 4 is 22.8 Å². The van der Waals surface area contributed by atoms with Crippen LogP contribution < -0.4 is 10.6 Å². The maximum atomic E-state index is 12.0. The topological polar surface area (TPSA) is 77.2 Å². The maximum absolute atomic E-state index is 12.0. The summed E-state index contributed by atoms with van der Waals surface area (Å²) in [6.07, 6.45) is 2.74. The minimum absolute atomic E-state index is 0.104. The number of rotatable bonds is 3. The fraction of sp³-hybridized carbons (Fsp3) is 0.333. The Hall–Kier alpha value is -2.50. The zero-order valence-electron chi connectivity index (χ0n) is 11.7. The van der Waals surface area contributed by atoms with Gasteiger partial charge in [-0.05, 0) is 18.1 Å². The lowest BCUT2D eigenvalue weighted by atomic mass is 10.1. The number of urea groups is 1. The summed E-state index contributed by atoms with van der Waals surface area (Å²) in [5, 5.41) is 6.75. The average molecular weight is 286 g/mol. The van der Waals surface area contributed by atoms with Crippen LogP contribution in [-0.4, -0.2) is 48.0 Å². The number of para-hydroxylation sites is 1. The van der Waals surface area contributed by atoms with Gasteiger partial charge in [-0.15, -0.1) is 0 Å². The molecule has 1 fully saturated rings. The highest BCUT2D eigenvalue weighted by atomic mass is 16.2. The Kier molecular flexibility index (Phi) is 3.77. The number of benzene rings is 1. The van der Waals surface area contributed by atoms with Gasteiger partial charge in [0.2, 0.25) is 5.91 Å². The van der Waals surface area contributed by atoms with Gasteiger partial charge in [-0.1, -0.05) is 18.2 Å². The molecule has 3 rings (SSSR count). The van der Waals surface area contributed by atoms with E-state index in [1.54, 1.807) is 0 Å². The molecular weight excluding hydrogens is 268 g/mol. The van der Waals surface area contributed by atoms with Crippen molar-refractivity contribution in [3.63, 3.8) is 0 Å². The molecule has 110 valence electrons. The number of amides is 3. The van der Waals surface area contributed by atoms with Gasteiger partial charge >= 0.3 is 6.03 Å². The zero-order valence-corrected chi connectivity index (χ0v) is 11.7. The van der Waals surface area contributed by atoms with Crippen molar-refractivity contribution in [3.8, 4) is 0 Å². The second-order valence-corrected chi connectivity index (χ2v) is 5.11. The quantitative estimate of drug-likeness (QED) is 0.782. The normalized spacial score (nSPS) is 15.0. The molecule has 3 amide bonds. The number of hydrogen-bond acceptors (Lipinski definition) is 2. The molecule has 0 atom stereocenters. The SMILES string of the molecule is O=C1CN(C(=O)NCCc2c[nH]c3ccccc23)CCN1. The largest absolute Gasteiger partial charge is 0.361 e. The van der Waals surface area contributed by atoms with Crippen molar-refractivity contribution in [3.05, 3.63) is 36.0 Å². The molecule has 0 spiro atoms. The van der Waals surface area contributed by atoms with Crippen molar-refractivity contribution in [2.45, 2.75) is 6.42 Å². The van der Waals surface area contributed by atoms with Crippen molar-refractivity contribution in [1.82, 2.24) is 20.5 Å².